The first-order valence-corrected chi connectivity index (χ1v) is 6.44. The zero-order valence-corrected chi connectivity index (χ0v) is 11.5. The fourth-order valence-electron chi connectivity index (χ4n) is 1.74. The Bertz CT molecular complexity index is 800. The van der Waals surface area contributed by atoms with Crippen LogP contribution < -0.4 is 5.32 Å². The number of carbonyl (C=O) groups is 1. The van der Waals surface area contributed by atoms with Gasteiger partial charge >= 0.3 is 0 Å². The number of pyridine rings is 1. The molecule has 2 N–H and O–H groups in total. The van der Waals surface area contributed by atoms with Gasteiger partial charge in [0.25, 0.3) is 5.91 Å². The van der Waals surface area contributed by atoms with Crippen LogP contribution >= 0.6 is 23.2 Å². The van der Waals surface area contributed by atoms with Gasteiger partial charge in [0.05, 0.1) is 28.1 Å². The van der Waals surface area contributed by atoms with Gasteiger partial charge in [0.15, 0.2) is 5.65 Å². The minimum Gasteiger partial charge on any atom is -0.343 e. The van der Waals surface area contributed by atoms with Crippen molar-refractivity contribution in [2.45, 2.75) is 0 Å². The monoisotopic (exact) mass is 306 g/mol. The zero-order valence-electron chi connectivity index (χ0n) is 10.0. The average molecular weight is 307 g/mol. The van der Waals surface area contributed by atoms with Gasteiger partial charge in [-0.25, -0.2) is 9.97 Å². The Morgan fingerprint density at radius 3 is 2.90 bits per heavy atom. The van der Waals surface area contributed by atoms with Crippen molar-refractivity contribution in [1.29, 1.82) is 0 Å². The van der Waals surface area contributed by atoms with Crippen molar-refractivity contribution in [3.05, 3.63) is 52.4 Å². The number of carbonyl (C=O) groups excluding carboxylic acids is 1. The summed E-state index contributed by atoms with van der Waals surface area (Å²) in [7, 11) is 0. The number of aromatic amines is 1. The van der Waals surface area contributed by atoms with E-state index in [-0.39, 0.29) is 5.91 Å². The summed E-state index contributed by atoms with van der Waals surface area (Å²) in [4.78, 5) is 23.1. The topological polar surface area (TPSA) is 70.7 Å². The third-order valence-electron chi connectivity index (χ3n) is 2.71. The number of rotatable bonds is 2. The van der Waals surface area contributed by atoms with E-state index in [0.717, 1.165) is 0 Å². The predicted octanol–water partition coefficient (Wildman–Crippen LogP) is 3.52. The Morgan fingerprint density at radius 2 is 2.05 bits per heavy atom. The minimum absolute atomic E-state index is 0.321. The molecule has 0 aliphatic heterocycles. The molecule has 0 aliphatic carbocycles. The number of imidazole rings is 1. The number of fused-ring (bicyclic) bond motifs is 1. The van der Waals surface area contributed by atoms with Crippen molar-refractivity contribution in [3.63, 3.8) is 0 Å². The summed E-state index contributed by atoms with van der Waals surface area (Å²) in [5.41, 5.74) is 2.10. The second-order valence-electron chi connectivity index (χ2n) is 4.08. The van der Waals surface area contributed by atoms with Crippen LogP contribution in [0.5, 0.6) is 0 Å². The molecule has 20 heavy (non-hydrogen) atoms. The van der Waals surface area contributed by atoms with Crippen molar-refractivity contribution in [3.8, 4) is 0 Å². The molecular formula is C13H8Cl2N4O. The molecule has 2 aromatic heterocycles. The van der Waals surface area contributed by atoms with Crippen molar-refractivity contribution in [2.24, 2.45) is 0 Å². The van der Waals surface area contributed by atoms with Crippen molar-refractivity contribution >= 4 is 46.0 Å². The maximum atomic E-state index is 12.2. The number of anilines is 1. The summed E-state index contributed by atoms with van der Waals surface area (Å²) in [6.07, 6.45) is 2.98. The van der Waals surface area contributed by atoms with E-state index in [4.69, 9.17) is 23.2 Å². The first kappa shape index (κ1) is 12.9. The predicted molar refractivity (Wildman–Crippen MR) is 78.3 cm³/mol. The third kappa shape index (κ3) is 2.45. The molecule has 0 bridgehead atoms. The summed E-state index contributed by atoms with van der Waals surface area (Å²) >= 11 is 11.9. The fraction of sp³-hybridized carbons (Fsp3) is 0. The number of H-pyrrole nitrogens is 1. The van der Waals surface area contributed by atoms with Gasteiger partial charge in [0, 0.05) is 11.2 Å². The normalized spacial score (nSPS) is 10.7. The molecule has 0 spiro atoms. The molecule has 0 saturated heterocycles. The SMILES string of the molecule is O=C(Nc1cc(Cl)ccc1Cl)c1cnc2nc[nH]c2c1. The lowest BCUT2D eigenvalue weighted by Gasteiger charge is -2.07. The standard InChI is InChI=1S/C13H8Cl2N4O/c14-8-1-2-9(15)10(4-8)19-13(20)7-3-11-12(16-5-7)18-6-17-11/h1-6H,(H,19,20)(H,16,17,18). The Morgan fingerprint density at radius 1 is 1.20 bits per heavy atom. The molecule has 0 saturated carbocycles. The Balaban J connectivity index is 1.90. The Hall–Kier alpha value is -2.11. The van der Waals surface area contributed by atoms with Crippen molar-refractivity contribution in [1.82, 2.24) is 15.0 Å². The molecule has 0 radical (unpaired) electrons. The molecule has 1 aromatic carbocycles. The summed E-state index contributed by atoms with van der Waals surface area (Å²) in [6, 6.07) is 6.53. The van der Waals surface area contributed by atoms with Gasteiger partial charge in [0.1, 0.15) is 0 Å². The van der Waals surface area contributed by atoms with E-state index in [1.165, 1.54) is 12.5 Å². The fourth-order valence-corrected chi connectivity index (χ4v) is 2.08. The maximum absolute atomic E-state index is 12.2. The molecular weight excluding hydrogens is 299 g/mol. The van der Waals surface area contributed by atoms with E-state index in [1.54, 1.807) is 24.3 Å². The highest BCUT2D eigenvalue weighted by Gasteiger charge is 2.11. The molecule has 7 heteroatoms. The molecule has 100 valence electrons. The number of hydrogen-bond donors (Lipinski definition) is 2. The first-order valence-electron chi connectivity index (χ1n) is 5.69. The third-order valence-corrected chi connectivity index (χ3v) is 3.28. The molecule has 3 aromatic rings. The highest BCUT2D eigenvalue weighted by Crippen LogP contribution is 2.26. The van der Waals surface area contributed by atoms with Crippen LogP contribution in [0.1, 0.15) is 10.4 Å². The smallest absolute Gasteiger partial charge is 0.257 e. The molecule has 1 amide bonds. The van der Waals surface area contributed by atoms with Gasteiger partial charge in [-0.05, 0) is 24.3 Å². The van der Waals surface area contributed by atoms with Gasteiger partial charge in [-0.15, -0.1) is 0 Å². The van der Waals surface area contributed by atoms with Crippen molar-refractivity contribution in [2.75, 3.05) is 5.32 Å². The number of nitrogens with zero attached hydrogens (tertiary/aromatic N) is 2. The largest absolute Gasteiger partial charge is 0.343 e. The summed E-state index contributed by atoms with van der Waals surface area (Å²) in [5.74, 6) is -0.321. The van der Waals surface area contributed by atoms with Crippen LogP contribution in [-0.4, -0.2) is 20.9 Å². The van der Waals surface area contributed by atoms with Crippen LogP contribution in [0.3, 0.4) is 0 Å². The van der Waals surface area contributed by atoms with Crippen LogP contribution in [0, 0.1) is 0 Å². The summed E-state index contributed by atoms with van der Waals surface area (Å²) in [5, 5.41) is 3.60. The van der Waals surface area contributed by atoms with Crippen LogP contribution in [-0.2, 0) is 0 Å². The molecule has 5 nitrogen and oxygen atoms in total. The molecule has 0 unspecified atom stereocenters. The molecule has 0 aliphatic rings. The molecule has 0 atom stereocenters. The molecule has 3 rings (SSSR count). The number of hydrogen-bond acceptors (Lipinski definition) is 3. The lowest BCUT2D eigenvalue weighted by Crippen LogP contribution is -2.12. The number of amides is 1. The van der Waals surface area contributed by atoms with E-state index in [0.29, 0.717) is 32.5 Å². The van der Waals surface area contributed by atoms with Gasteiger partial charge in [0.2, 0.25) is 0 Å². The van der Waals surface area contributed by atoms with Gasteiger partial charge in [-0.3, -0.25) is 4.79 Å². The lowest BCUT2D eigenvalue weighted by atomic mass is 10.2. The van der Waals surface area contributed by atoms with E-state index < -0.39 is 0 Å². The van der Waals surface area contributed by atoms with E-state index in [9.17, 15) is 4.79 Å². The van der Waals surface area contributed by atoms with Gasteiger partial charge in [-0.1, -0.05) is 23.2 Å². The Labute approximate surface area is 124 Å². The van der Waals surface area contributed by atoms with Crippen LogP contribution in [0.15, 0.2) is 36.8 Å². The highest BCUT2D eigenvalue weighted by atomic mass is 35.5. The second-order valence-corrected chi connectivity index (χ2v) is 4.92. The highest BCUT2D eigenvalue weighted by molar-refractivity contribution is 6.35. The quantitative estimate of drug-likeness (QED) is 0.761. The van der Waals surface area contributed by atoms with E-state index >= 15 is 0 Å². The summed E-state index contributed by atoms with van der Waals surface area (Å²) < 4.78 is 0. The number of nitrogens with one attached hydrogen (secondary N) is 2. The van der Waals surface area contributed by atoms with Crippen LogP contribution in [0.25, 0.3) is 11.2 Å². The molecule has 0 fully saturated rings. The van der Waals surface area contributed by atoms with Crippen LogP contribution in [0.4, 0.5) is 5.69 Å². The Kier molecular flexibility index (Phi) is 3.30. The maximum Gasteiger partial charge on any atom is 0.257 e. The zero-order chi connectivity index (χ0) is 14.1. The minimum atomic E-state index is -0.321. The first-order chi connectivity index (χ1) is 9.63. The number of benzene rings is 1. The van der Waals surface area contributed by atoms with Gasteiger partial charge in [-0.2, -0.15) is 0 Å². The lowest BCUT2D eigenvalue weighted by molar-refractivity contribution is 0.102. The summed E-state index contributed by atoms with van der Waals surface area (Å²) in [6.45, 7) is 0. The number of halogens is 2. The second kappa shape index (κ2) is 5.11. The van der Waals surface area contributed by atoms with Crippen LogP contribution in [0.2, 0.25) is 10.0 Å². The average Bonchev–Trinajstić information content (AvgIpc) is 2.90. The van der Waals surface area contributed by atoms with Crippen molar-refractivity contribution < 1.29 is 4.79 Å². The van der Waals surface area contributed by atoms with E-state index in [2.05, 4.69) is 20.3 Å². The molecule has 2 heterocycles. The van der Waals surface area contributed by atoms with Gasteiger partial charge < -0.3 is 10.3 Å². The number of aromatic nitrogens is 3. The van der Waals surface area contributed by atoms with E-state index in [1.807, 2.05) is 0 Å².